The molecule has 1 aliphatic heterocycles. The van der Waals surface area contributed by atoms with E-state index in [4.69, 9.17) is 9.15 Å². The second-order valence-corrected chi connectivity index (χ2v) is 4.43. The predicted octanol–water partition coefficient (Wildman–Crippen LogP) is 0.759. The van der Waals surface area contributed by atoms with Crippen LogP contribution in [-0.4, -0.2) is 38.3 Å². The SMILES string of the molecule is CO[C@H]1CNC[C@@H]1NC(=O)c1coc(Br)c1. The van der Waals surface area contributed by atoms with Crippen molar-refractivity contribution < 1.29 is 13.9 Å². The lowest BCUT2D eigenvalue weighted by atomic mass is 10.2. The van der Waals surface area contributed by atoms with Crippen molar-refractivity contribution in [1.29, 1.82) is 0 Å². The summed E-state index contributed by atoms with van der Waals surface area (Å²) in [4.78, 5) is 11.8. The van der Waals surface area contributed by atoms with E-state index in [9.17, 15) is 4.79 Å². The predicted molar refractivity (Wildman–Crippen MR) is 61.3 cm³/mol. The fourth-order valence-electron chi connectivity index (χ4n) is 1.73. The minimum absolute atomic E-state index is 0.00572. The first-order valence-electron chi connectivity index (χ1n) is 4.99. The summed E-state index contributed by atoms with van der Waals surface area (Å²) < 4.78 is 10.8. The third-order valence-corrected chi connectivity index (χ3v) is 3.02. The van der Waals surface area contributed by atoms with Gasteiger partial charge in [0.05, 0.1) is 17.7 Å². The first-order chi connectivity index (χ1) is 7.70. The summed E-state index contributed by atoms with van der Waals surface area (Å²) >= 11 is 3.15. The Kier molecular flexibility index (Phi) is 3.63. The largest absolute Gasteiger partial charge is 0.457 e. The van der Waals surface area contributed by atoms with Gasteiger partial charge in [0.25, 0.3) is 5.91 Å². The second-order valence-electron chi connectivity index (χ2n) is 3.65. The van der Waals surface area contributed by atoms with Gasteiger partial charge in [-0.2, -0.15) is 0 Å². The number of methoxy groups -OCH3 is 1. The van der Waals surface area contributed by atoms with E-state index in [1.807, 2.05) is 0 Å². The molecule has 6 heteroatoms. The molecule has 88 valence electrons. The van der Waals surface area contributed by atoms with Crippen molar-refractivity contribution in [3.63, 3.8) is 0 Å². The normalized spacial score (nSPS) is 24.6. The van der Waals surface area contributed by atoms with Gasteiger partial charge in [0.2, 0.25) is 0 Å². The third-order valence-electron chi connectivity index (χ3n) is 2.61. The van der Waals surface area contributed by atoms with Crippen molar-refractivity contribution in [2.75, 3.05) is 20.2 Å². The van der Waals surface area contributed by atoms with Crippen molar-refractivity contribution in [1.82, 2.24) is 10.6 Å². The van der Waals surface area contributed by atoms with Crippen molar-refractivity contribution in [2.45, 2.75) is 12.1 Å². The summed E-state index contributed by atoms with van der Waals surface area (Å²) in [5.74, 6) is -0.148. The number of furan rings is 1. The van der Waals surface area contributed by atoms with Crippen LogP contribution in [0.15, 0.2) is 21.4 Å². The lowest BCUT2D eigenvalue weighted by molar-refractivity contribution is 0.0779. The first kappa shape index (κ1) is 11.6. The third kappa shape index (κ3) is 2.45. The van der Waals surface area contributed by atoms with E-state index in [2.05, 4.69) is 26.6 Å². The van der Waals surface area contributed by atoms with Crippen molar-refractivity contribution in [3.05, 3.63) is 22.6 Å². The van der Waals surface area contributed by atoms with E-state index in [0.29, 0.717) is 10.2 Å². The molecule has 1 aromatic rings. The van der Waals surface area contributed by atoms with Gasteiger partial charge in [-0.25, -0.2) is 0 Å². The maximum atomic E-state index is 11.8. The fourth-order valence-corrected chi connectivity index (χ4v) is 2.07. The minimum Gasteiger partial charge on any atom is -0.457 e. The summed E-state index contributed by atoms with van der Waals surface area (Å²) in [6, 6.07) is 1.64. The van der Waals surface area contributed by atoms with E-state index in [1.165, 1.54) is 6.26 Å². The number of amides is 1. The van der Waals surface area contributed by atoms with Gasteiger partial charge in [-0.3, -0.25) is 4.79 Å². The van der Waals surface area contributed by atoms with Crippen LogP contribution < -0.4 is 10.6 Å². The lowest BCUT2D eigenvalue weighted by Gasteiger charge is -2.17. The Morgan fingerprint density at radius 2 is 2.50 bits per heavy atom. The molecule has 1 aromatic heterocycles. The number of halogens is 1. The molecule has 0 aromatic carbocycles. The Balaban J connectivity index is 1.97. The molecule has 1 saturated heterocycles. The maximum absolute atomic E-state index is 11.8. The Labute approximate surface area is 102 Å². The fraction of sp³-hybridized carbons (Fsp3) is 0.500. The quantitative estimate of drug-likeness (QED) is 0.862. The number of carbonyl (C=O) groups excluding carboxylic acids is 1. The molecular formula is C10H13BrN2O3. The minimum atomic E-state index is -0.148. The van der Waals surface area contributed by atoms with Gasteiger partial charge >= 0.3 is 0 Å². The molecule has 0 spiro atoms. The van der Waals surface area contributed by atoms with Gasteiger partial charge in [-0.15, -0.1) is 0 Å². The van der Waals surface area contributed by atoms with Crippen molar-refractivity contribution in [2.24, 2.45) is 0 Å². The molecule has 1 amide bonds. The highest BCUT2D eigenvalue weighted by Gasteiger charge is 2.28. The molecule has 16 heavy (non-hydrogen) atoms. The number of rotatable bonds is 3. The van der Waals surface area contributed by atoms with Gasteiger partial charge in [-0.05, 0) is 15.9 Å². The summed E-state index contributed by atoms with van der Waals surface area (Å²) in [7, 11) is 1.64. The average Bonchev–Trinajstić information content (AvgIpc) is 2.86. The van der Waals surface area contributed by atoms with E-state index in [-0.39, 0.29) is 18.1 Å². The molecule has 2 rings (SSSR count). The highest BCUT2D eigenvalue weighted by atomic mass is 79.9. The molecular weight excluding hydrogens is 276 g/mol. The average molecular weight is 289 g/mol. The van der Waals surface area contributed by atoms with Crippen LogP contribution in [0, 0.1) is 0 Å². The second kappa shape index (κ2) is 4.99. The molecule has 0 unspecified atom stereocenters. The van der Waals surface area contributed by atoms with Gasteiger partial charge in [0.15, 0.2) is 4.67 Å². The molecule has 1 aliphatic rings. The number of hydrogen-bond donors (Lipinski definition) is 2. The van der Waals surface area contributed by atoms with Gasteiger partial charge < -0.3 is 19.8 Å². The number of ether oxygens (including phenoxy) is 1. The Bertz CT molecular complexity index is 380. The van der Waals surface area contributed by atoms with E-state index in [0.717, 1.165) is 13.1 Å². The molecule has 0 saturated carbocycles. The highest BCUT2D eigenvalue weighted by Crippen LogP contribution is 2.14. The topological polar surface area (TPSA) is 63.5 Å². The summed E-state index contributed by atoms with van der Waals surface area (Å²) in [5, 5.41) is 6.07. The molecule has 0 radical (unpaired) electrons. The van der Waals surface area contributed by atoms with Crippen molar-refractivity contribution in [3.8, 4) is 0 Å². The lowest BCUT2D eigenvalue weighted by Crippen LogP contribution is -2.43. The standard InChI is InChI=1S/C10H13BrN2O3/c1-15-8-4-12-3-7(8)13-10(14)6-2-9(11)16-5-6/h2,5,7-8,12H,3-4H2,1H3,(H,13,14)/t7-,8-/m0/s1. The first-order valence-corrected chi connectivity index (χ1v) is 5.78. The molecule has 0 bridgehead atoms. The van der Waals surface area contributed by atoms with E-state index >= 15 is 0 Å². The molecule has 2 atom stereocenters. The molecule has 2 N–H and O–H groups in total. The summed E-state index contributed by atoms with van der Waals surface area (Å²) in [5.41, 5.74) is 0.508. The van der Waals surface area contributed by atoms with Crippen LogP contribution >= 0.6 is 15.9 Å². The van der Waals surface area contributed by atoms with Gasteiger partial charge in [0, 0.05) is 26.3 Å². The van der Waals surface area contributed by atoms with Gasteiger partial charge in [0.1, 0.15) is 6.26 Å². The molecule has 1 fully saturated rings. The Morgan fingerprint density at radius 1 is 1.69 bits per heavy atom. The highest BCUT2D eigenvalue weighted by molar-refractivity contribution is 9.10. The zero-order valence-electron chi connectivity index (χ0n) is 8.83. The smallest absolute Gasteiger partial charge is 0.254 e. The van der Waals surface area contributed by atoms with Crippen LogP contribution in [0.25, 0.3) is 0 Å². The molecule has 2 heterocycles. The number of carbonyl (C=O) groups is 1. The summed E-state index contributed by atoms with van der Waals surface area (Å²) in [6.07, 6.45) is 1.45. The number of nitrogens with one attached hydrogen (secondary N) is 2. The Morgan fingerprint density at radius 3 is 3.12 bits per heavy atom. The number of hydrogen-bond acceptors (Lipinski definition) is 4. The molecule has 5 nitrogen and oxygen atoms in total. The maximum Gasteiger partial charge on any atom is 0.254 e. The van der Waals surface area contributed by atoms with E-state index < -0.39 is 0 Å². The van der Waals surface area contributed by atoms with Crippen molar-refractivity contribution >= 4 is 21.8 Å². The van der Waals surface area contributed by atoms with Gasteiger partial charge in [-0.1, -0.05) is 0 Å². The van der Waals surface area contributed by atoms with Crippen LogP contribution in [0.1, 0.15) is 10.4 Å². The monoisotopic (exact) mass is 288 g/mol. The van der Waals surface area contributed by atoms with Crippen LogP contribution in [0.5, 0.6) is 0 Å². The zero-order valence-corrected chi connectivity index (χ0v) is 10.4. The van der Waals surface area contributed by atoms with Crippen LogP contribution in [-0.2, 0) is 4.74 Å². The van der Waals surface area contributed by atoms with Crippen LogP contribution in [0.3, 0.4) is 0 Å². The Hall–Kier alpha value is -0.850. The van der Waals surface area contributed by atoms with E-state index in [1.54, 1.807) is 13.2 Å². The van der Waals surface area contributed by atoms with Crippen LogP contribution in [0.4, 0.5) is 0 Å². The summed E-state index contributed by atoms with van der Waals surface area (Å²) in [6.45, 7) is 1.49. The zero-order chi connectivity index (χ0) is 11.5. The molecule has 0 aliphatic carbocycles. The van der Waals surface area contributed by atoms with Crippen LogP contribution in [0.2, 0.25) is 0 Å².